The molecule has 2 aromatic rings. The number of hydrogen-bond acceptors (Lipinski definition) is 5. The van der Waals surface area contributed by atoms with Crippen LogP contribution in [-0.2, 0) is 0 Å². The number of ether oxygens (including phenoxy) is 5. The highest BCUT2D eigenvalue weighted by Gasteiger charge is 2.43. The molecule has 0 saturated heterocycles. The maximum absolute atomic E-state index is 6.85. The van der Waals surface area contributed by atoms with Gasteiger partial charge in [0.05, 0.1) is 40.9 Å². The summed E-state index contributed by atoms with van der Waals surface area (Å²) >= 11 is 0. The van der Waals surface area contributed by atoms with Gasteiger partial charge in [0, 0.05) is 13.8 Å². The Bertz CT molecular complexity index is 701. The summed E-state index contributed by atoms with van der Waals surface area (Å²) < 4.78 is 27.9. The molecule has 0 bridgehead atoms. The third kappa shape index (κ3) is 3.23. The normalized spacial score (nSPS) is 12.9. The lowest BCUT2D eigenvalue weighted by Gasteiger charge is -2.26. The molecule has 7 heteroatoms. The van der Waals surface area contributed by atoms with Crippen LogP contribution in [0.3, 0.4) is 0 Å². The molecule has 2 radical (unpaired) electrons. The lowest BCUT2D eigenvalue weighted by Crippen LogP contribution is -2.25. The van der Waals surface area contributed by atoms with Crippen LogP contribution in [0, 0.1) is 0 Å². The van der Waals surface area contributed by atoms with Gasteiger partial charge in [0.2, 0.25) is 28.7 Å². The van der Waals surface area contributed by atoms with Gasteiger partial charge in [-0.05, 0) is 12.1 Å². The quantitative estimate of drug-likeness (QED) is 0.560. The lowest BCUT2D eigenvalue weighted by molar-refractivity contribution is 0.293. The second-order valence-corrected chi connectivity index (χ2v) is 8.54. The summed E-state index contributed by atoms with van der Waals surface area (Å²) in [6, 6.07) is 9.85. The van der Waals surface area contributed by atoms with Gasteiger partial charge in [-0.2, -0.15) is 0 Å². The van der Waals surface area contributed by atoms with E-state index in [1.165, 1.54) is 7.11 Å². The minimum Gasteiger partial charge on any atom is -0.490 e. The minimum atomic E-state index is -2.33. The molecule has 0 aliphatic rings. The zero-order valence-electron chi connectivity index (χ0n) is 15.5. The molecule has 0 spiro atoms. The van der Waals surface area contributed by atoms with Gasteiger partial charge in [0.1, 0.15) is 0 Å². The fourth-order valence-electron chi connectivity index (χ4n) is 2.85. The summed E-state index contributed by atoms with van der Waals surface area (Å²) in [5.41, 5.74) is 0. The summed E-state index contributed by atoms with van der Waals surface area (Å²) in [6.07, 6.45) is 0. The van der Waals surface area contributed by atoms with Crippen molar-refractivity contribution in [3.63, 3.8) is 0 Å². The molecule has 2 rings (SSSR count). The van der Waals surface area contributed by atoms with Crippen LogP contribution in [0.4, 0.5) is 0 Å². The van der Waals surface area contributed by atoms with Crippen LogP contribution in [0.5, 0.6) is 28.7 Å². The topological polar surface area (TPSA) is 46.2 Å². The number of methoxy groups -OCH3 is 5. The van der Waals surface area contributed by atoms with Crippen molar-refractivity contribution in [1.82, 2.24) is 0 Å². The van der Waals surface area contributed by atoms with Crippen LogP contribution in [-0.4, -0.2) is 49.8 Å². The van der Waals surface area contributed by atoms with E-state index >= 15 is 0 Å². The van der Waals surface area contributed by atoms with Crippen LogP contribution in [0.25, 0.3) is 0 Å². The van der Waals surface area contributed by atoms with Gasteiger partial charge in [-0.25, -0.2) is 0 Å². The Balaban J connectivity index is 2.93. The minimum absolute atomic E-state index is 0.399. The van der Waals surface area contributed by atoms with E-state index in [0.29, 0.717) is 28.7 Å². The predicted molar refractivity (Wildman–Crippen MR) is 104 cm³/mol. The molecular formula is C18H23BO5P+. The van der Waals surface area contributed by atoms with Crippen LogP contribution in [0.2, 0.25) is 0 Å². The van der Waals surface area contributed by atoms with E-state index in [9.17, 15) is 0 Å². The van der Waals surface area contributed by atoms with Crippen molar-refractivity contribution in [2.75, 3.05) is 42.2 Å². The summed E-state index contributed by atoms with van der Waals surface area (Å²) in [5.74, 6) is 2.21. The largest absolute Gasteiger partial charge is 0.490 e. The first-order chi connectivity index (χ1) is 12.0. The molecule has 0 aliphatic carbocycles. The van der Waals surface area contributed by atoms with E-state index in [1.807, 2.05) is 37.0 Å². The SMILES string of the molecule is [B][P+](C)(c1ccccc1)c1c(OC)c(OC)c(OC)c(OC)c1OC. The van der Waals surface area contributed by atoms with Gasteiger partial charge in [-0.1, -0.05) is 18.2 Å². The predicted octanol–water partition coefficient (Wildman–Crippen LogP) is 2.41. The monoisotopic (exact) mass is 361 g/mol. The first-order valence-electron chi connectivity index (χ1n) is 7.63. The highest BCUT2D eigenvalue weighted by Crippen LogP contribution is 2.59. The van der Waals surface area contributed by atoms with E-state index in [-0.39, 0.29) is 0 Å². The Morgan fingerprint density at radius 3 is 1.36 bits per heavy atom. The Morgan fingerprint density at radius 1 is 0.640 bits per heavy atom. The second kappa shape index (κ2) is 7.88. The number of benzene rings is 2. The molecule has 0 aromatic heterocycles. The first-order valence-corrected chi connectivity index (χ1v) is 9.93. The molecule has 0 amide bonds. The standard InChI is InChI=1S/C18H23BO5P/c1-20-13-14(21-2)16(23-4)18(17(24-5)15(13)22-3)25(6,19)12-10-8-7-9-11-12/h7-11H,1-6H3/q+1. The van der Waals surface area contributed by atoms with E-state index in [2.05, 4.69) is 0 Å². The fourth-order valence-corrected chi connectivity index (χ4v) is 5.13. The van der Waals surface area contributed by atoms with E-state index in [4.69, 9.17) is 31.3 Å². The maximum atomic E-state index is 6.85. The highest BCUT2D eigenvalue weighted by molar-refractivity contribution is 8.08. The van der Waals surface area contributed by atoms with Crippen molar-refractivity contribution in [3.8, 4) is 28.7 Å². The number of hydrogen-bond donors (Lipinski definition) is 0. The first kappa shape index (κ1) is 19.3. The number of rotatable bonds is 7. The summed E-state index contributed by atoms with van der Waals surface area (Å²) in [6.45, 7) is 1.99. The van der Waals surface area contributed by atoms with Crippen molar-refractivity contribution < 1.29 is 23.7 Å². The van der Waals surface area contributed by atoms with Crippen molar-refractivity contribution in [2.24, 2.45) is 0 Å². The van der Waals surface area contributed by atoms with Gasteiger partial charge in [0.15, 0.2) is 5.30 Å². The van der Waals surface area contributed by atoms with E-state index in [1.54, 1.807) is 28.4 Å². The third-order valence-electron chi connectivity index (χ3n) is 4.03. The van der Waals surface area contributed by atoms with Gasteiger partial charge in [0.25, 0.3) is 0 Å². The summed E-state index contributed by atoms with van der Waals surface area (Å²) in [5, 5.41) is 1.72. The van der Waals surface area contributed by atoms with Crippen LogP contribution >= 0.6 is 7.14 Å². The molecule has 1 atom stereocenters. The highest BCUT2D eigenvalue weighted by atomic mass is 31.2. The van der Waals surface area contributed by atoms with Crippen molar-refractivity contribution in [3.05, 3.63) is 30.3 Å². The molecule has 25 heavy (non-hydrogen) atoms. The molecule has 5 nitrogen and oxygen atoms in total. The molecule has 0 saturated carbocycles. The molecule has 1 unspecified atom stereocenters. The van der Waals surface area contributed by atoms with E-state index < -0.39 is 7.14 Å². The van der Waals surface area contributed by atoms with Gasteiger partial charge >= 0.3 is 7.57 Å². The average Bonchev–Trinajstić information content (AvgIpc) is 2.65. The van der Waals surface area contributed by atoms with Gasteiger partial charge < -0.3 is 23.7 Å². The average molecular weight is 361 g/mol. The van der Waals surface area contributed by atoms with E-state index in [0.717, 1.165) is 10.6 Å². The molecular weight excluding hydrogens is 338 g/mol. The molecule has 0 N–H and O–H groups in total. The molecule has 0 heterocycles. The Kier molecular flexibility index (Phi) is 6.07. The molecule has 132 valence electrons. The zero-order chi connectivity index (χ0) is 18.6. The Hall–Kier alpha value is -2.07. The summed E-state index contributed by atoms with van der Waals surface area (Å²) in [4.78, 5) is 0. The Labute approximate surface area is 150 Å². The summed E-state index contributed by atoms with van der Waals surface area (Å²) in [7, 11) is 12.3. The second-order valence-electron chi connectivity index (χ2n) is 5.43. The molecule has 2 aromatic carbocycles. The van der Waals surface area contributed by atoms with Crippen molar-refractivity contribution in [1.29, 1.82) is 0 Å². The molecule has 0 fully saturated rings. The smallest absolute Gasteiger partial charge is 0.377 e. The van der Waals surface area contributed by atoms with Gasteiger partial charge in [-0.15, -0.1) is 0 Å². The van der Waals surface area contributed by atoms with Crippen molar-refractivity contribution in [2.45, 2.75) is 0 Å². The fraction of sp³-hybridized carbons (Fsp3) is 0.333. The van der Waals surface area contributed by atoms with Crippen LogP contribution < -0.4 is 34.3 Å². The maximum Gasteiger partial charge on any atom is 0.377 e. The Morgan fingerprint density at radius 2 is 1.00 bits per heavy atom. The third-order valence-corrected chi connectivity index (χ3v) is 6.74. The zero-order valence-corrected chi connectivity index (χ0v) is 16.3. The lowest BCUT2D eigenvalue weighted by atomic mass is 10.2. The van der Waals surface area contributed by atoms with Gasteiger partial charge in [-0.3, -0.25) is 0 Å². The molecule has 0 aliphatic heterocycles. The van der Waals surface area contributed by atoms with Crippen LogP contribution in [0.15, 0.2) is 30.3 Å². The van der Waals surface area contributed by atoms with Crippen molar-refractivity contribution >= 4 is 25.3 Å². The van der Waals surface area contributed by atoms with Crippen LogP contribution in [0.1, 0.15) is 0 Å².